The van der Waals surface area contributed by atoms with Crippen LogP contribution in [0.2, 0.25) is 0 Å². The van der Waals surface area contributed by atoms with Crippen LogP contribution in [-0.4, -0.2) is 51.4 Å². The minimum atomic E-state index is -4.56. The maximum atomic E-state index is 12.8. The van der Waals surface area contributed by atoms with Gasteiger partial charge in [-0.2, -0.15) is 13.2 Å². The van der Waals surface area contributed by atoms with Crippen molar-refractivity contribution < 1.29 is 18.0 Å². The molecule has 0 unspecified atom stereocenters. The molecule has 1 aliphatic heterocycles. The van der Waals surface area contributed by atoms with E-state index in [0.717, 1.165) is 28.8 Å². The monoisotopic (exact) mass is 380 g/mol. The zero-order chi connectivity index (χ0) is 19.4. The molecule has 0 atom stereocenters. The maximum absolute atomic E-state index is 12.8. The lowest BCUT2D eigenvalue weighted by Crippen LogP contribution is -2.49. The summed E-state index contributed by atoms with van der Waals surface area (Å²) in [4.78, 5) is 31.9. The molecule has 0 saturated carbocycles. The van der Waals surface area contributed by atoms with Gasteiger partial charge in [-0.15, -0.1) is 0 Å². The van der Waals surface area contributed by atoms with E-state index in [4.69, 9.17) is 0 Å². The molecule has 0 N–H and O–H groups in total. The minimum absolute atomic E-state index is 0.361. The first-order valence-corrected chi connectivity index (χ1v) is 8.49. The van der Waals surface area contributed by atoms with Crippen LogP contribution in [0.15, 0.2) is 47.7 Å². The van der Waals surface area contributed by atoms with Gasteiger partial charge in [0, 0.05) is 57.4 Å². The number of rotatable bonds is 4. The van der Waals surface area contributed by atoms with Gasteiger partial charge in [-0.3, -0.25) is 19.5 Å². The molecular formula is C18H19F3N4O2. The first-order chi connectivity index (χ1) is 12.8. The second-order valence-corrected chi connectivity index (χ2v) is 6.39. The second-order valence-electron chi connectivity index (χ2n) is 6.39. The summed E-state index contributed by atoms with van der Waals surface area (Å²) >= 11 is 0. The van der Waals surface area contributed by atoms with E-state index >= 15 is 0 Å². The summed E-state index contributed by atoms with van der Waals surface area (Å²) in [5.41, 5.74) is -0.454. The Morgan fingerprint density at radius 2 is 1.70 bits per heavy atom. The molecule has 144 valence electrons. The van der Waals surface area contributed by atoms with E-state index in [0.29, 0.717) is 32.4 Å². The minimum Gasteiger partial charge on any atom is -0.339 e. The summed E-state index contributed by atoms with van der Waals surface area (Å²) in [6.07, 6.45) is -0.416. The maximum Gasteiger partial charge on any atom is 0.417 e. The topological polar surface area (TPSA) is 58.4 Å². The van der Waals surface area contributed by atoms with Crippen LogP contribution in [0.4, 0.5) is 13.2 Å². The van der Waals surface area contributed by atoms with Crippen LogP contribution in [0.3, 0.4) is 0 Å². The van der Waals surface area contributed by atoms with Crippen LogP contribution >= 0.6 is 0 Å². The molecule has 1 fully saturated rings. The third kappa shape index (κ3) is 4.94. The Labute approximate surface area is 153 Å². The van der Waals surface area contributed by atoms with E-state index in [-0.39, 0.29) is 5.91 Å². The van der Waals surface area contributed by atoms with Crippen molar-refractivity contribution >= 4 is 5.91 Å². The normalized spacial score (nSPS) is 15.7. The summed E-state index contributed by atoms with van der Waals surface area (Å²) < 4.78 is 39.2. The molecular weight excluding hydrogens is 361 g/mol. The van der Waals surface area contributed by atoms with Gasteiger partial charge in [0.2, 0.25) is 5.91 Å². The fourth-order valence-corrected chi connectivity index (χ4v) is 2.97. The Hall–Kier alpha value is -2.68. The van der Waals surface area contributed by atoms with Gasteiger partial charge in [0.1, 0.15) is 6.54 Å². The fourth-order valence-electron chi connectivity index (χ4n) is 2.97. The highest BCUT2D eigenvalue weighted by atomic mass is 19.4. The van der Waals surface area contributed by atoms with Crippen molar-refractivity contribution in [2.75, 3.05) is 26.2 Å². The summed E-state index contributed by atoms with van der Waals surface area (Å²) in [5.74, 6) is -0.361. The second kappa shape index (κ2) is 7.91. The molecule has 0 aliphatic carbocycles. The van der Waals surface area contributed by atoms with Crippen molar-refractivity contribution in [1.29, 1.82) is 0 Å². The lowest BCUT2D eigenvalue weighted by Gasteiger charge is -2.34. The Balaban J connectivity index is 1.58. The Kier molecular flexibility index (Phi) is 5.59. The van der Waals surface area contributed by atoms with Crippen molar-refractivity contribution in [1.82, 2.24) is 19.4 Å². The Morgan fingerprint density at radius 3 is 2.33 bits per heavy atom. The number of halogens is 3. The first-order valence-electron chi connectivity index (χ1n) is 8.49. The molecule has 9 heteroatoms. The molecule has 3 heterocycles. The van der Waals surface area contributed by atoms with Crippen LogP contribution in [0.25, 0.3) is 0 Å². The van der Waals surface area contributed by atoms with Gasteiger partial charge >= 0.3 is 6.18 Å². The molecule has 1 amide bonds. The lowest BCUT2D eigenvalue weighted by atomic mass is 10.2. The first kappa shape index (κ1) is 19.1. The number of nitrogens with zero attached hydrogens (tertiary/aromatic N) is 4. The predicted molar refractivity (Wildman–Crippen MR) is 91.8 cm³/mol. The highest BCUT2D eigenvalue weighted by Crippen LogP contribution is 2.28. The van der Waals surface area contributed by atoms with E-state index in [1.807, 2.05) is 12.1 Å². The van der Waals surface area contributed by atoms with Gasteiger partial charge < -0.3 is 9.47 Å². The average Bonchev–Trinajstić information content (AvgIpc) is 2.64. The zero-order valence-electron chi connectivity index (χ0n) is 14.5. The highest BCUT2D eigenvalue weighted by Gasteiger charge is 2.31. The summed E-state index contributed by atoms with van der Waals surface area (Å²) in [7, 11) is 0. The number of amides is 1. The van der Waals surface area contributed by atoms with Crippen LogP contribution < -0.4 is 5.56 Å². The third-order valence-corrected chi connectivity index (χ3v) is 4.50. The number of carbonyl (C=O) groups excluding carboxylic acids is 1. The number of aromatic nitrogens is 2. The fraction of sp³-hybridized carbons (Fsp3) is 0.389. The zero-order valence-corrected chi connectivity index (χ0v) is 14.5. The molecule has 2 aromatic heterocycles. The van der Waals surface area contributed by atoms with Gasteiger partial charge in [-0.05, 0) is 23.8 Å². The number of alkyl halides is 3. The van der Waals surface area contributed by atoms with Crippen LogP contribution in [-0.2, 0) is 24.1 Å². The molecule has 2 aromatic rings. The third-order valence-electron chi connectivity index (χ3n) is 4.50. The molecule has 6 nitrogen and oxygen atoms in total. The number of hydrogen-bond donors (Lipinski definition) is 0. The average molecular weight is 380 g/mol. The SMILES string of the molecule is O=C(Cn1cc(C(F)(F)F)ccc1=O)N1CCN(Cc2ccncc2)CC1. The summed E-state index contributed by atoms with van der Waals surface area (Å²) in [5, 5.41) is 0. The molecule has 3 rings (SSSR count). The van der Waals surface area contributed by atoms with E-state index < -0.39 is 23.8 Å². The Bertz CT molecular complexity index is 844. The molecule has 0 aromatic carbocycles. The summed E-state index contributed by atoms with van der Waals surface area (Å²) in [6, 6.07) is 5.42. The van der Waals surface area contributed by atoms with E-state index in [1.165, 1.54) is 0 Å². The van der Waals surface area contributed by atoms with Gasteiger partial charge in [0.15, 0.2) is 0 Å². The van der Waals surface area contributed by atoms with Gasteiger partial charge in [0.05, 0.1) is 5.56 Å². The quantitative estimate of drug-likeness (QED) is 0.809. The number of hydrogen-bond acceptors (Lipinski definition) is 4. The predicted octanol–water partition coefficient (Wildman–Crippen LogP) is 1.61. The summed E-state index contributed by atoms with van der Waals surface area (Å²) in [6.45, 7) is 2.61. The van der Waals surface area contributed by atoms with Crippen LogP contribution in [0.5, 0.6) is 0 Å². The van der Waals surface area contributed by atoms with Crippen molar-refractivity contribution in [3.05, 3.63) is 64.3 Å². The van der Waals surface area contributed by atoms with E-state index in [1.54, 1.807) is 17.3 Å². The largest absolute Gasteiger partial charge is 0.417 e. The van der Waals surface area contributed by atoms with Crippen molar-refractivity contribution in [3.8, 4) is 0 Å². The molecule has 0 spiro atoms. The molecule has 0 radical (unpaired) electrons. The molecule has 1 aliphatic rings. The number of pyridine rings is 2. The van der Waals surface area contributed by atoms with Crippen molar-refractivity contribution in [3.63, 3.8) is 0 Å². The van der Waals surface area contributed by atoms with Gasteiger partial charge in [-0.1, -0.05) is 0 Å². The van der Waals surface area contributed by atoms with Crippen molar-refractivity contribution in [2.45, 2.75) is 19.3 Å². The highest BCUT2D eigenvalue weighted by molar-refractivity contribution is 5.76. The lowest BCUT2D eigenvalue weighted by molar-refractivity contribution is -0.139. The number of carbonyl (C=O) groups is 1. The van der Waals surface area contributed by atoms with Crippen molar-refractivity contribution in [2.24, 2.45) is 0 Å². The molecule has 1 saturated heterocycles. The Morgan fingerprint density at radius 1 is 1.04 bits per heavy atom. The van der Waals surface area contributed by atoms with Gasteiger partial charge in [0.25, 0.3) is 5.56 Å². The molecule has 27 heavy (non-hydrogen) atoms. The van der Waals surface area contributed by atoms with E-state index in [2.05, 4.69) is 9.88 Å². The van der Waals surface area contributed by atoms with Crippen LogP contribution in [0, 0.1) is 0 Å². The van der Waals surface area contributed by atoms with Gasteiger partial charge in [-0.25, -0.2) is 0 Å². The number of piperazine rings is 1. The smallest absolute Gasteiger partial charge is 0.339 e. The molecule has 0 bridgehead atoms. The standard InChI is InChI=1S/C18H19F3N4O2/c19-18(20,21)15-1-2-16(26)25(12-15)13-17(27)24-9-7-23(8-10-24)11-14-3-5-22-6-4-14/h1-6,12H,7-11,13H2. The van der Waals surface area contributed by atoms with Crippen LogP contribution in [0.1, 0.15) is 11.1 Å². The van der Waals surface area contributed by atoms with E-state index in [9.17, 15) is 22.8 Å².